The lowest BCUT2D eigenvalue weighted by Gasteiger charge is -2.09. The zero-order valence-corrected chi connectivity index (χ0v) is 14.1. The molecule has 0 radical (unpaired) electrons. The molecule has 0 saturated heterocycles. The van der Waals surface area contributed by atoms with E-state index in [-0.39, 0.29) is 34.7 Å². The maximum Gasteiger partial charge on any atom is 0.337 e. The minimum absolute atomic E-state index is 0.0546. The molecule has 0 spiro atoms. The zero-order valence-electron chi connectivity index (χ0n) is 13.3. The molecule has 0 bridgehead atoms. The fourth-order valence-electron chi connectivity index (χ4n) is 2.13. The predicted molar refractivity (Wildman–Crippen MR) is 91.4 cm³/mol. The van der Waals surface area contributed by atoms with E-state index in [0.29, 0.717) is 0 Å². The highest BCUT2D eigenvalue weighted by Gasteiger charge is 2.15. The lowest BCUT2D eigenvalue weighted by atomic mass is 10.1. The number of Topliss-reactive ketones (excluding diaryl/α,β-unsaturated/α-hetero) is 1. The average Bonchev–Trinajstić information content (AvgIpc) is 2.61. The van der Waals surface area contributed by atoms with Gasteiger partial charge in [0.2, 0.25) is 5.91 Å². The van der Waals surface area contributed by atoms with E-state index in [4.69, 9.17) is 11.6 Å². The van der Waals surface area contributed by atoms with Gasteiger partial charge in [0.05, 0.1) is 28.9 Å². The first-order valence-electron chi connectivity index (χ1n) is 7.38. The number of rotatable bonds is 6. The molecule has 0 aromatic heterocycles. The number of hydrogen-bond donors (Lipinski definition) is 1. The molecule has 7 heteroatoms. The van der Waals surface area contributed by atoms with Gasteiger partial charge in [0.25, 0.3) is 0 Å². The second-order valence-electron chi connectivity index (χ2n) is 5.14. The van der Waals surface area contributed by atoms with E-state index in [9.17, 15) is 18.8 Å². The summed E-state index contributed by atoms with van der Waals surface area (Å²) in [6, 6.07) is 9.88. The number of esters is 1. The Labute approximate surface area is 148 Å². The highest BCUT2D eigenvalue weighted by molar-refractivity contribution is 6.33. The summed E-state index contributed by atoms with van der Waals surface area (Å²) in [5.41, 5.74) is 0.401. The molecule has 2 rings (SSSR count). The summed E-state index contributed by atoms with van der Waals surface area (Å²) < 4.78 is 18.1. The SMILES string of the molecule is COC(=O)c1ccc(Cl)c(NC(=O)CCC(=O)c2ccccc2F)c1. The molecule has 0 aliphatic rings. The van der Waals surface area contributed by atoms with Crippen molar-refractivity contribution in [2.75, 3.05) is 12.4 Å². The molecule has 0 heterocycles. The van der Waals surface area contributed by atoms with E-state index < -0.39 is 23.5 Å². The molecule has 130 valence electrons. The quantitative estimate of drug-likeness (QED) is 0.624. The normalized spacial score (nSPS) is 10.2. The van der Waals surface area contributed by atoms with E-state index >= 15 is 0 Å². The van der Waals surface area contributed by atoms with Crippen LogP contribution in [-0.2, 0) is 9.53 Å². The molecule has 0 saturated carbocycles. The fraction of sp³-hybridized carbons (Fsp3) is 0.167. The molecule has 0 fully saturated rings. The van der Waals surface area contributed by atoms with Gasteiger partial charge in [0.1, 0.15) is 5.82 Å². The highest BCUT2D eigenvalue weighted by atomic mass is 35.5. The van der Waals surface area contributed by atoms with Gasteiger partial charge in [-0.2, -0.15) is 0 Å². The van der Waals surface area contributed by atoms with Gasteiger partial charge < -0.3 is 10.1 Å². The summed E-state index contributed by atoms with van der Waals surface area (Å²) in [6.07, 6.45) is -0.299. The summed E-state index contributed by atoms with van der Waals surface area (Å²) in [4.78, 5) is 35.5. The first-order valence-corrected chi connectivity index (χ1v) is 7.75. The van der Waals surface area contributed by atoms with Crippen LogP contribution in [0.3, 0.4) is 0 Å². The number of ether oxygens (including phenoxy) is 1. The van der Waals surface area contributed by atoms with Crippen LogP contribution >= 0.6 is 11.6 Å². The Bertz CT molecular complexity index is 822. The van der Waals surface area contributed by atoms with Crippen molar-refractivity contribution >= 4 is 34.9 Å². The minimum atomic E-state index is -0.623. The van der Waals surface area contributed by atoms with Gasteiger partial charge in [0.15, 0.2) is 5.78 Å². The van der Waals surface area contributed by atoms with Crippen LogP contribution in [0.15, 0.2) is 42.5 Å². The highest BCUT2D eigenvalue weighted by Crippen LogP contribution is 2.24. The smallest absolute Gasteiger partial charge is 0.337 e. The molecule has 0 atom stereocenters. The van der Waals surface area contributed by atoms with Crippen molar-refractivity contribution < 1.29 is 23.5 Å². The van der Waals surface area contributed by atoms with Crippen molar-refractivity contribution in [1.82, 2.24) is 0 Å². The molecule has 0 unspecified atom stereocenters. The summed E-state index contributed by atoms with van der Waals surface area (Å²) >= 11 is 5.98. The van der Waals surface area contributed by atoms with Crippen LogP contribution in [0.2, 0.25) is 5.02 Å². The Morgan fingerprint density at radius 1 is 1.12 bits per heavy atom. The number of nitrogens with one attached hydrogen (secondary N) is 1. The molecule has 1 amide bonds. The van der Waals surface area contributed by atoms with Crippen LogP contribution in [0.25, 0.3) is 0 Å². The minimum Gasteiger partial charge on any atom is -0.465 e. The van der Waals surface area contributed by atoms with Crippen molar-refractivity contribution in [2.45, 2.75) is 12.8 Å². The summed E-state index contributed by atoms with van der Waals surface area (Å²) in [7, 11) is 1.24. The number of halogens is 2. The number of benzene rings is 2. The Kier molecular flexibility index (Phi) is 6.25. The summed E-state index contributed by atoms with van der Waals surface area (Å²) in [5.74, 6) is -2.14. The van der Waals surface area contributed by atoms with Gasteiger partial charge in [-0.1, -0.05) is 23.7 Å². The topological polar surface area (TPSA) is 72.5 Å². The van der Waals surface area contributed by atoms with Gasteiger partial charge in [-0.05, 0) is 30.3 Å². The van der Waals surface area contributed by atoms with Crippen molar-refractivity contribution in [1.29, 1.82) is 0 Å². The van der Waals surface area contributed by atoms with Crippen LogP contribution in [0, 0.1) is 5.82 Å². The van der Waals surface area contributed by atoms with Crippen molar-refractivity contribution in [3.05, 3.63) is 64.4 Å². The number of hydrogen-bond acceptors (Lipinski definition) is 4. The lowest BCUT2D eigenvalue weighted by molar-refractivity contribution is -0.116. The Balaban J connectivity index is 2.00. The summed E-state index contributed by atoms with van der Waals surface area (Å²) in [6.45, 7) is 0. The van der Waals surface area contributed by atoms with E-state index in [1.807, 2.05) is 0 Å². The van der Waals surface area contributed by atoms with Crippen LogP contribution in [-0.4, -0.2) is 24.8 Å². The van der Waals surface area contributed by atoms with E-state index in [1.165, 1.54) is 43.5 Å². The van der Waals surface area contributed by atoms with E-state index in [1.54, 1.807) is 6.07 Å². The van der Waals surface area contributed by atoms with E-state index in [0.717, 1.165) is 0 Å². The van der Waals surface area contributed by atoms with Gasteiger partial charge in [-0.25, -0.2) is 9.18 Å². The molecular weight excluding hydrogens is 349 g/mol. The van der Waals surface area contributed by atoms with Crippen LogP contribution in [0.4, 0.5) is 10.1 Å². The van der Waals surface area contributed by atoms with Gasteiger partial charge in [-0.15, -0.1) is 0 Å². The van der Waals surface area contributed by atoms with Crippen LogP contribution in [0.1, 0.15) is 33.6 Å². The fourth-order valence-corrected chi connectivity index (χ4v) is 2.29. The molecule has 0 aliphatic carbocycles. The first-order chi connectivity index (χ1) is 11.9. The number of ketones is 1. The number of methoxy groups -OCH3 is 1. The van der Waals surface area contributed by atoms with E-state index in [2.05, 4.69) is 10.1 Å². The Morgan fingerprint density at radius 3 is 2.52 bits per heavy atom. The second-order valence-corrected chi connectivity index (χ2v) is 5.54. The largest absolute Gasteiger partial charge is 0.465 e. The summed E-state index contributed by atoms with van der Waals surface area (Å²) in [5, 5.41) is 2.76. The average molecular weight is 364 g/mol. The number of carbonyl (C=O) groups is 3. The molecule has 5 nitrogen and oxygen atoms in total. The third-order valence-corrected chi connectivity index (χ3v) is 3.74. The maximum atomic E-state index is 13.5. The van der Waals surface area contributed by atoms with Crippen LogP contribution in [0.5, 0.6) is 0 Å². The third kappa shape index (κ3) is 4.87. The second kappa shape index (κ2) is 8.39. The molecule has 25 heavy (non-hydrogen) atoms. The van der Waals surface area contributed by atoms with Gasteiger partial charge in [-0.3, -0.25) is 9.59 Å². The van der Waals surface area contributed by atoms with Gasteiger partial charge in [0, 0.05) is 12.8 Å². The lowest BCUT2D eigenvalue weighted by Crippen LogP contribution is -2.15. The molecule has 2 aromatic rings. The number of amides is 1. The molecule has 2 aromatic carbocycles. The first kappa shape index (κ1) is 18.6. The van der Waals surface area contributed by atoms with Crippen LogP contribution < -0.4 is 5.32 Å². The van der Waals surface area contributed by atoms with Gasteiger partial charge >= 0.3 is 5.97 Å². The third-order valence-electron chi connectivity index (χ3n) is 3.41. The predicted octanol–water partition coefficient (Wildman–Crippen LogP) is 3.87. The number of anilines is 1. The zero-order chi connectivity index (χ0) is 18.4. The number of carbonyl (C=O) groups excluding carboxylic acids is 3. The molecular formula is C18H15ClFNO4. The standard InChI is InChI=1S/C18H15ClFNO4/c1-25-18(24)11-6-7-13(19)15(10-11)21-17(23)9-8-16(22)12-4-2-3-5-14(12)20/h2-7,10H,8-9H2,1H3,(H,21,23). The molecule has 1 N–H and O–H groups in total. The van der Waals surface area contributed by atoms with Crippen molar-refractivity contribution in [3.8, 4) is 0 Å². The Hall–Kier alpha value is -2.73. The monoisotopic (exact) mass is 363 g/mol. The maximum absolute atomic E-state index is 13.5. The Morgan fingerprint density at radius 2 is 1.84 bits per heavy atom. The molecule has 0 aliphatic heterocycles. The van der Waals surface area contributed by atoms with Crippen molar-refractivity contribution in [2.24, 2.45) is 0 Å². The van der Waals surface area contributed by atoms with Crippen molar-refractivity contribution in [3.63, 3.8) is 0 Å².